The third-order valence-electron chi connectivity index (χ3n) is 2.90. The molecule has 23 heavy (non-hydrogen) atoms. The van der Waals surface area contributed by atoms with Crippen molar-refractivity contribution in [3.63, 3.8) is 0 Å². The molecule has 9 heteroatoms. The lowest BCUT2D eigenvalue weighted by atomic mass is 10.2. The third kappa shape index (κ3) is 4.04. The van der Waals surface area contributed by atoms with Crippen LogP contribution in [0.4, 0.5) is 37.7 Å². The van der Waals surface area contributed by atoms with E-state index < -0.39 is 34.9 Å². The van der Waals surface area contributed by atoms with Crippen molar-refractivity contribution in [3.8, 4) is 0 Å². The molecule has 2 aromatic carbocycles. The first-order valence-electron chi connectivity index (χ1n) is 6.10. The van der Waals surface area contributed by atoms with Gasteiger partial charge in [0.15, 0.2) is 0 Å². The SMILES string of the molecule is Nc1ccc(Sc2ccc(N)c(C(F)(F)F)c2)cc1C(F)(F)F. The molecule has 0 fully saturated rings. The Balaban J connectivity index is 2.37. The minimum Gasteiger partial charge on any atom is -0.398 e. The Morgan fingerprint density at radius 1 is 0.652 bits per heavy atom. The number of anilines is 2. The van der Waals surface area contributed by atoms with Crippen molar-refractivity contribution >= 4 is 23.1 Å². The number of nitrogens with two attached hydrogens (primary N) is 2. The minimum absolute atomic E-state index is 0.115. The van der Waals surface area contributed by atoms with Crippen LogP contribution in [0.2, 0.25) is 0 Å². The van der Waals surface area contributed by atoms with Crippen molar-refractivity contribution in [2.75, 3.05) is 11.5 Å². The van der Waals surface area contributed by atoms with Crippen LogP contribution in [-0.2, 0) is 12.4 Å². The molecule has 0 saturated heterocycles. The summed E-state index contributed by atoms with van der Waals surface area (Å²) in [6.45, 7) is 0. The molecule has 0 bridgehead atoms. The molecule has 0 saturated carbocycles. The fraction of sp³-hybridized carbons (Fsp3) is 0.143. The lowest BCUT2D eigenvalue weighted by Gasteiger charge is -2.13. The largest absolute Gasteiger partial charge is 0.418 e. The van der Waals surface area contributed by atoms with Gasteiger partial charge >= 0.3 is 12.4 Å². The third-order valence-corrected chi connectivity index (χ3v) is 3.88. The van der Waals surface area contributed by atoms with Crippen LogP contribution in [0.3, 0.4) is 0 Å². The van der Waals surface area contributed by atoms with Crippen LogP contribution in [0.1, 0.15) is 11.1 Å². The van der Waals surface area contributed by atoms with E-state index in [2.05, 4.69) is 0 Å². The zero-order valence-electron chi connectivity index (χ0n) is 11.3. The Bertz CT molecular complexity index is 663. The first-order chi connectivity index (χ1) is 10.5. The second-order valence-corrected chi connectivity index (χ2v) is 5.74. The lowest BCUT2D eigenvalue weighted by Crippen LogP contribution is -2.09. The molecule has 0 spiro atoms. The van der Waals surface area contributed by atoms with E-state index >= 15 is 0 Å². The van der Waals surface area contributed by atoms with Crippen molar-refractivity contribution in [1.29, 1.82) is 0 Å². The van der Waals surface area contributed by atoms with E-state index in [1.165, 1.54) is 12.1 Å². The summed E-state index contributed by atoms with van der Waals surface area (Å²) in [6.07, 6.45) is -9.28. The number of benzene rings is 2. The Hall–Kier alpha value is -2.03. The molecule has 124 valence electrons. The normalized spacial score (nSPS) is 12.4. The highest BCUT2D eigenvalue weighted by Gasteiger charge is 2.34. The monoisotopic (exact) mass is 352 g/mol. The van der Waals surface area contributed by atoms with Crippen molar-refractivity contribution in [3.05, 3.63) is 47.5 Å². The van der Waals surface area contributed by atoms with E-state index in [1.807, 2.05) is 0 Å². The number of hydrogen-bond acceptors (Lipinski definition) is 3. The van der Waals surface area contributed by atoms with Crippen molar-refractivity contribution in [2.24, 2.45) is 0 Å². The summed E-state index contributed by atoms with van der Waals surface area (Å²) in [4.78, 5) is 0.230. The number of nitrogen functional groups attached to an aromatic ring is 2. The van der Waals surface area contributed by atoms with Gasteiger partial charge in [-0.2, -0.15) is 26.3 Å². The van der Waals surface area contributed by atoms with Crippen LogP contribution in [-0.4, -0.2) is 0 Å². The van der Waals surface area contributed by atoms with Gasteiger partial charge in [-0.3, -0.25) is 0 Å². The molecule has 0 amide bonds. The van der Waals surface area contributed by atoms with Gasteiger partial charge in [-0.1, -0.05) is 11.8 Å². The second kappa shape index (κ2) is 5.88. The van der Waals surface area contributed by atoms with Gasteiger partial charge in [0, 0.05) is 21.2 Å². The maximum atomic E-state index is 12.8. The maximum Gasteiger partial charge on any atom is 0.418 e. The standard InChI is InChI=1S/C14H10F6N2S/c15-13(16,17)9-5-7(1-3-11(9)21)23-8-2-4-12(22)10(6-8)14(18,19)20/h1-6H,21-22H2. The van der Waals surface area contributed by atoms with Gasteiger partial charge < -0.3 is 11.5 Å². The zero-order valence-corrected chi connectivity index (χ0v) is 12.1. The summed E-state index contributed by atoms with van der Waals surface area (Å²) in [5, 5.41) is 0. The molecule has 0 aromatic heterocycles. The van der Waals surface area contributed by atoms with E-state index in [0.717, 1.165) is 36.0 Å². The van der Waals surface area contributed by atoms with Crippen LogP contribution in [0.15, 0.2) is 46.2 Å². The molecule has 0 radical (unpaired) electrons. The Morgan fingerprint density at radius 2 is 1.00 bits per heavy atom. The van der Waals surface area contributed by atoms with Crippen molar-refractivity contribution in [1.82, 2.24) is 0 Å². The highest BCUT2D eigenvalue weighted by molar-refractivity contribution is 7.99. The average molecular weight is 352 g/mol. The molecule has 0 aliphatic carbocycles. The maximum absolute atomic E-state index is 12.8. The first-order valence-corrected chi connectivity index (χ1v) is 6.91. The summed E-state index contributed by atoms with van der Waals surface area (Å²) in [5.74, 6) is 0. The van der Waals surface area contributed by atoms with Crippen LogP contribution in [0.5, 0.6) is 0 Å². The zero-order chi connectivity index (χ0) is 17.4. The highest BCUT2D eigenvalue weighted by atomic mass is 32.2. The molecule has 0 aliphatic heterocycles. The van der Waals surface area contributed by atoms with Crippen molar-refractivity contribution < 1.29 is 26.3 Å². The average Bonchev–Trinajstić information content (AvgIpc) is 2.40. The predicted molar refractivity (Wildman–Crippen MR) is 75.8 cm³/mol. The van der Waals surface area contributed by atoms with Gasteiger partial charge in [-0.15, -0.1) is 0 Å². The number of rotatable bonds is 2. The molecular weight excluding hydrogens is 342 g/mol. The van der Waals surface area contributed by atoms with Gasteiger partial charge in [0.05, 0.1) is 11.1 Å². The smallest absolute Gasteiger partial charge is 0.398 e. The minimum atomic E-state index is -4.64. The molecule has 0 atom stereocenters. The van der Waals surface area contributed by atoms with E-state index in [4.69, 9.17) is 11.5 Å². The Kier molecular flexibility index (Phi) is 4.43. The number of hydrogen-bond donors (Lipinski definition) is 2. The van der Waals surface area contributed by atoms with E-state index in [9.17, 15) is 26.3 Å². The highest BCUT2D eigenvalue weighted by Crippen LogP contribution is 2.40. The molecule has 4 N–H and O–H groups in total. The molecule has 0 unspecified atom stereocenters. The summed E-state index contributed by atoms with van der Waals surface area (Å²) in [5.41, 5.74) is 7.59. The van der Waals surface area contributed by atoms with E-state index in [1.54, 1.807) is 0 Å². The van der Waals surface area contributed by atoms with Gasteiger partial charge in [-0.05, 0) is 36.4 Å². The number of alkyl halides is 6. The summed E-state index contributed by atoms with van der Waals surface area (Å²) >= 11 is 0.754. The van der Waals surface area contributed by atoms with Gasteiger partial charge in [-0.25, -0.2) is 0 Å². The molecule has 0 heterocycles. The molecule has 0 aliphatic rings. The fourth-order valence-corrected chi connectivity index (χ4v) is 2.72. The predicted octanol–water partition coefficient (Wildman–Crippen LogP) is 5.04. The second-order valence-electron chi connectivity index (χ2n) is 4.60. The molecule has 2 aromatic rings. The van der Waals surface area contributed by atoms with Gasteiger partial charge in [0.25, 0.3) is 0 Å². The van der Waals surface area contributed by atoms with Crippen LogP contribution >= 0.6 is 11.8 Å². The number of halogens is 6. The summed E-state index contributed by atoms with van der Waals surface area (Å²) in [7, 11) is 0. The quantitative estimate of drug-likeness (QED) is 0.588. The molecule has 2 nitrogen and oxygen atoms in total. The summed E-state index contributed by atoms with van der Waals surface area (Å²) < 4.78 is 76.7. The topological polar surface area (TPSA) is 52.0 Å². The fourth-order valence-electron chi connectivity index (χ4n) is 1.82. The molecule has 2 rings (SSSR count). The van der Waals surface area contributed by atoms with Crippen LogP contribution in [0.25, 0.3) is 0 Å². The van der Waals surface area contributed by atoms with Crippen LogP contribution in [0, 0.1) is 0 Å². The Morgan fingerprint density at radius 3 is 1.30 bits per heavy atom. The first kappa shape index (κ1) is 17.3. The van der Waals surface area contributed by atoms with Crippen molar-refractivity contribution in [2.45, 2.75) is 22.1 Å². The van der Waals surface area contributed by atoms with Gasteiger partial charge in [0.2, 0.25) is 0 Å². The van der Waals surface area contributed by atoms with E-state index in [-0.39, 0.29) is 9.79 Å². The lowest BCUT2D eigenvalue weighted by molar-refractivity contribution is -0.137. The summed E-state index contributed by atoms with van der Waals surface area (Å²) in [6, 6.07) is 6.32. The van der Waals surface area contributed by atoms with Gasteiger partial charge in [0.1, 0.15) is 0 Å². The van der Waals surface area contributed by atoms with E-state index in [0.29, 0.717) is 0 Å². The molecular formula is C14H10F6N2S. The van der Waals surface area contributed by atoms with Crippen LogP contribution < -0.4 is 11.5 Å². The Labute approximate surface area is 131 Å².